The summed E-state index contributed by atoms with van der Waals surface area (Å²) in [4.78, 5) is 14.4. The predicted octanol–water partition coefficient (Wildman–Crippen LogP) is 3.83. The van der Waals surface area contributed by atoms with Gasteiger partial charge in [0.25, 0.3) is 0 Å². The highest BCUT2D eigenvalue weighted by Crippen LogP contribution is 2.19. The number of rotatable bonds is 4. The number of nitrogens with zero attached hydrogens (tertiary/aromatic N) is 2. The lowest BCUT2D eigenvalue weighted by molar-refractivity contribution is -0.125. The van der Waals surface area contributed by atoms with Crippen molar-refractivity contribution >= 4 is 37.9 Å². The molecule has 1 saturated heterocycles. The number of amides is 1. The van der Waals surface area contributed by atoms with Crippen molar-refractivity contribution in [2.24, 2.45) is 0 Å². The molecular weight excluding hydrogens is 459 g/mol. The van der Waals surface area contributed by atoms with E-state index in [0.717, 1.165) is 10.0 Å². The van der Waals surface area contributed by atoms with Crippen LogP contribution in [0.3, 0.4) is 0 Å². The molecule has 8 heteroatoms. The van der Waals surface area contributed by atoms with Gasteiger partial charge < -0.3 is 4.90 Å². The highest BCUT2D eigenvalue weighted by Gasteiger charge is 2.27. The van der Waals surface area contributed by atoms with E-state index >= 15 is 0 Å². The van der Waals surface area contributed by atoms with Gasteiger partial charge in [0.2, 0.25) is 15.9 Å². The molecule has 1 heterocycles. The quantitative estimate of drug-likeness (QED) is 0.624. The van der Waals surface area contributed by atoms with Crippen molar-refractivity contribution in [3.05, 3.63) is 70.0 Å². The second-order valence-electron chi connectivity index (χ2n) is 6.90. The van der Waals surface area contributed by atoms with Crippen LogP contribution in [0.15, 0.2) is 57.9 Å². The van der Waals surface area contributed by atoms with Gasteiger partial charge >= 0.3 is 0 Å². The first-order valence-electron chi connectivity index (χ1n) is 9.26. The zero-order valence-corrected chi connectivity index (χ0v) is 18.4. The SMILES string of the molecule is Cc1ccc(S(=O)(=O)N2CCCN(C(=O)/C=C/c3cc(Br)ccc3F)CC2)cc1. The molecule has 0 aromatic heterocycles. The maximum Gasteiger partial charge on any atom is 0.246 e. The van der Waals surface area contributed by atoms with E-state index in [1.165, 1.54) is 22.5 Å². The van der Waals surface area contributed by atoms with Gasteiger partial charge in [-0.1, -0.05) is 33.6 Å². The van der Waals surface area contributed by atoms with Crippen LogP contribution >= 0.6 is 15.9 Å². The Kier molecular flexibility index (Phi) is 6.87. The molecule has 3 rings (SSSR count). The van der Waals surface area contributed by atoms with Crippen LogP contribution in [0.25, 0.3) is 6.08 Å². The summed E-state index contributed by atoms with van der Waals surface area (Å²) in [5.74, 6) is -0.678. The fraction of sp³-hybridized carbons (Fsp3) is 0.286. The number of aryl methyl sites for hydroxylation is 1. The molecule has 0 unspecified atom stereocenters. The van der Waals surface area contributed by atoms with Crippen LogP contribution in [-0.2, 0) is 14.8 Å². The Morgan fingerprint density at radius 2 is 1.79 bits per heavy atom. The summed E-state index contributed by atoms with van der Waals surface area (Å²) >= 11 is 3.28. The molecule has 0 saturated carbocycles. The topological polar surface area (TPSA) is 57.7 Å². The van der Waals surface area contributed by atoms with Crippen LogP contribution in [0.5, 0.6) is 0 Å². The molecule has 2 aromatic carbocycles. The Labute approximate surface area is 179 Å². The predicted molar refractivity (Wildman–Crippen MR) is 114 cm³/mol. The highest BCUT2D eigenvalue weighted by molar-refractivity contribution is 9.10. The Morgan fingerprint density at radius 3 is 2.52 bits per heavy atom. The minimum Gasteiger partial charge on any atom is -0.338 e. The van der Waals surface area contributed by atoms with Crippen LogP contribution in [-0.4, -0.2) is 49.7 Å². The molecule has 2 aromatic rings. The highest BCUT2D eigenvalue weighted by atomic mass is 79.9. The largest absolute Gasteiger partial charge is 0.338 e. The monoisotopic (exact) mass is 480 g/mol. The Morgan fingerprint density at radius 1 is 1.07 bits per heavy atom. The average Bonchev–Trinajstić information content (AvgIpc) is 2.95. The lowest BCUT2D eigenvalue weighted by Crippen LogP contribution is -2.36. The van der Waals surface area contributed by atoms with E-state index in [1.54, 1.807) is 41.3 Å². The Balaban J connectivity index is 1.67. The fourth-order valence-corrected chi connectivity index (χ4v) is 4.97. The van der Waals surface area contributed by atoms with E-state index in [4.69, 9.17) is 0 Å². The number of hydrogen-bond acceptors (Lipinski definition) is 3. The first-order chi connectivity index (χ1) is 13.8. The maximum absolute atomic E-state index is 13.8. The number of carbonyl (C=O) groups excluding carboxylic acids is 1. The fourth-order valence-electron chi connectivity index (χ4n) is 3.12. The molecule has 0 atom stereocenters. The molecule has 0 radical (unpaired) electrons. The summed E-state index contributed by atoms with van der Waals surface area (Å²) in [5.41, 5.74) is 1.30. The van der Waals surface area contributed by atoms with Crippen LogP contribution in [0.1, 0.15) is 17.5 Å². The maximum atomic E-state index is 13.8. The summed E-state index contributed by atoms with van der Waals surface area (Å²) in [7, 11) is -3.59. The molecule has 0 bridgehead atoms. The molecule has 0 N–H and O–H groups in total. The zero-order chi connectivity index (χ0) is 21.0. The first-order valence-corrected chi connectivity index (χ1v) is 11.5. The molecule has 1 aliphatic rings. The molecule has 154 valence electrons. The van der Waals surface area contributed by atoms with Crippen molar-refractivity contribution < 1.29 is 17.6 Å². The second-order valence-corrected chi connectivity index (χ2v) is 9.75. The van der Waals surface area contributed by atoms with Crippen LogP contribution < -0.4 is 0 Å². The van der Waals surface area contributed by atoms with Gasteiger partial charge in [-0.2, -0.15) is 4.31 Å². The standard InChI is InChI=1S/C21H22BrFN2O3S/c1-16-3-7-19(8-4-16)29(27,28)25-12-2-11-24(13-14-25)21(26)10-5-17-15-18(22)6-9-20(17)23/h3-10,15H,2,11-14H2,1H3/b10-5+. The molecule has 0 spiro atoms. The number of carbonyl (C=O) groups is 1. The summed E-state index contributed by atoms with van der Waals surface area (Å²) in [6.07, 6.45) is 3.30. The van der Waals surface area contributed by atoms with E-state index in [2.05, 4.69) is 15.9 Å². The third-order valence-electron chi connectivity index (χ3n) is 4.79. The molecular formula is C21H22BrFN2O3S. The van der Waals surface area contributed by atoms with E-state index in [1.807, 2.05) is 6.92 Å². The van der Waals surface area contributed by atoms with E-state index in [0.29, 0.717) is 25.1 Å². The smallest absolute Gasteiger partial charge is 0.246 e. The van der Waals surface area contributed by atoms with Crippen LogP contribution in [0.2, 0.25) is 0 Å². The van der Waals surface area contributed by atoms with Crippen molar-refractivity contribution in [1.82, 2.24) is 9.21 Å². The molecule has 0 aliphatic carbocycles. The molecule has 1 amide bonds. The van der Waals surface area contributed by atoms with Crippen molar-refractivity contribution in [1.29, 1.82) is 0 Å². The zero-order valence-electron chi connectivity index (χ0n) is 16.0. The lowest BCUT2D eigenvalue weighted by atomic mass is 10.2. The molecule has 1 aliphatic heterocycles. The number of sulfonamides is 1. The molecule has 29 heavy (non-hydrogen) atoms. The molecule has 5 nitrogen and oxygen atoms in total. The third-order valence-corrected chi connectivity index (χ3v) is 7.19. The van der Waals surface area contributed by atoms with Crippen LogP contribution in [0, 0.1) is 12.7 Å². The Bertz CT molecular complexity index is 1020. The third kappa shape index (κ3) is 5.32. The average molecular weight is 481 g/mol. The van der Waals surface area contributed by atoms with Gasteiger partial charge in [-0.3, -0.25) is 4.79 Å². The van der Waals surface area contributed by atoms with Crippen molar-refractivity contribution in [3.8, 4) is 0 Å². The van der Waals surface area contributed by atoms with E-state index < -0.39 is 15.8 Å². The number of benzene rings is 2. The van der Waals surface area contributed by atoms with Gasteiger partial charge in [-0.15, -0.1) is 0 Å². The Hall–Kier alpha value is -2.03. The van der Waals surface area contributed by atoms with Crippen molar-refractivity contribution in [2.75, 3.05) is 26.2 Å². The summed E-state index contributed by atoms with van der Waals surface area (Å²) < 4.78 is 41.7. The van der Waals surface area contributed by atoms with Gasteiger partial charge in [-0.05, 0) is 49.8 Å². The second kappa shape index (κ2) is 9.19. The summed E-state index contributed by atoms with van der Waals surface area (Å²) in [6.45, 7) is 3.21. The minimum atomic E-state index is -3.59. The lowest BCUT2D eigenvalue weighted by Gasteiger charge is -2.21. The minimum absolute atomic E-state index is 0.223. The van der Waals surface area contributed by atoms with E-state index in [9.17, 15) is 17.6 Å². The summed E-state index contributed by atoms with van der Waals surface area (Å²) in [5, 5.41) is 0. The number of halogens is 2. The summed E-state index contributed by atoms with van der Waals surface area (Å²) in [6, 6.07) is 11.3. The van der Waals surface area contributed by atoms with Gasteiger partial charge in [0.05, 0.1) is 4.90 Å². The number of hydrogen-bond donors (Lipinski definition) is 0. The van der Waals surface area contributed by atoms with Gasteiger partial charge in [-0.25, -0.2) is 12.8 Å². The van der Waals surface area contributed by atoms with Crippen LogP contribution in [0.4, 0.5) is 4.39 Å². The van der Waals surface area contributed by atoms with Crippen molar-refractivity contribution in [2.45, 2.75) is 18.2 Å². The van der Waals surface area contributed by atoms with Gasteiger partial charge in [0.15, 0.2) is 0 Å². The van der Waals surface area contributed by atoms with Gasteiger partial charge in [0, 0.05) is 42.3 Å². The van der Waals surface area contributed by atoms with Crippen molar-refractivity contribution in [3.63, 3.8) is 0 Å². The van der Waals surface area contributed by atoms with Gasteiger partial charge in [0.1, 0.15) is 5.82 Å². The first kappa shape index (κ1) is 21.7. The molecule has 1 fully saturated rings. The normalized spacial score (nSPS) is 16.2. The van der Waals surface area contributed by atoms with E-state index in [-0.39, 0.29) is 23.9 Å².